The number of anilines is 1. The Morgan fingerprint density at radius 3 is 2.92 bits per heavy atom. The lowest BCUT2D eigenvalue weighted by molar-refractivity contribution is -0.116. The van der Waals surface area contributed by atoms with E-state index >= 15 is 0 Å². The number of ketones is 1. The summed E-state index contributed by atoms with van der Waals surface area (Å²) in [5.41, 5.74) is 5.52. The Balaban J connectivity index is 2.77. The molecule has 70 valence electrons. The lowest BCUT2D eigenvalue weighted by Crippen LogP contribution is -2.15. The molecule has 5 nitrogen and oxygen atoms in total. The van der Waals surface area contributed by atoms with Gasteiger partial charge in [0.1, 0.15) is 11.6 Å². The zero-order chi connectivity index (χ0) is 9.84. The van der Waals surface area contributed by atoms with Gasteiger partial charge in [0.05, 0.1) is 0 Å². The van der Waals surface area contributed by atoms with E-state index in [1.54, 1.807) is 6.07 Å². The van der Waals surface area contributed by atoms with Crippen LogP contribution in [-0.4, -0.2) is 15.8 Å². The second kappa shape index (κ2) is 3.84. The number of hydrogen-bond acceptors (Lipinski definition) is 4. The number of nitrogens with one attached hydrogen (secondary N) is 1. The molecular weight excluding hydrogens is 170 g/mol. The minimum atomic E-state index is -0.474. The quantitative estimate of drug-likeness (QED) is 0.680. The number of carbonyl (C=O) groups excluding carboxylic acids is 1. The molecule has 1 aromatic rings. The number of nitrogens with two attached hydrogens (primary N) is 1. The maximum Gasteiger partial charge on any atom is 0.347 e. The van der Waals surface area contributed by atoms with Crippen molar-refractivity contribution in [3.05, 3.63) is 22.2 Å². The van der Waals surface area contributed by atoms with Gasteiger partial charge in [-0.15, -0.1) is 0 Å². The van der Waals surface area contributed by atoms with Gasteiger partial charge in [0, 0.05) is 12.1 Å². The predicted octanol–water partition coefficient (Wildman–Crippen LogP) is -0.126. The van der Waals surface area contributed by atoms with Gasteiger partial charge < -0.3 is 15.5 Å². The van der Waals surface area contributed by atoms with Crippen LogP contribution in [0.25, 0.3) is 0 Å². The molecule has 0 aromatic carbocycles. The minimum Gasteiger partial charge on any atom is -0.383 e. The van der Waals surface area contributed by atoms with Crippen molar-refractivity contribution in [3.63, 3.8) is 0 Å². The highest BCUT2D eigenvalue weighted by atomic mass is 16.1. The van der Waals surface area contributed by atoms with Crippen LogP contribution in [-0.2, 0) is 11.2 Å². The summed E-state index contributed by atoms with van der Waals surface area (Å²) < 4.78 is 0. The topological polar surface area (TPSA) is 88.8 Å². The van der Waals surface area contributed by atoms with E-state index in [0.29, 0.717) is 18.5 Å². The molecule has 0 fully saturated rings. The number of nitrogen functional groups attached to an aromatic ring is 1. The summed E-state index contributed by atoms with van der Waals surface area (Å²) in [5, 5.41) is 0. The van der Waals surface area contributed by atoms with Crippen molar-refractivity contribution in [3.8, 4) is 0 Å². The third kappa shape index (κ3) is 3.06. The number of hydrogen-bond donors (Lipinski definition) is 2. The van der Waals surface area contributed by atoms with Crippen LogP contribution in [0.5, 0.6) is 0 Å². The Morgan fingerprint density at radius 2 is 2.38 bits per heavy atom. The maximum absolute atomic E-state index is 10.8. The number of rotatable bonds is 3. The molecule has 1 heterocycles. The average Bonchev–Trinajstić information content (AvgIpc) is 1.99. The third-order valence-electron chi connectivity index (χ3n) is 1.57. The van der Waals surface area contributed by atoms with Crippen LogP contribution in [0, 0.1) is 0 Å². The molecule has 0 spiro atoms. The third-order valence-corrected chi connectivity index (χ3v) is 1.57. The summed E-state index contributed by atoms with van der Waals surface area (Å²) in [4.78, 5) is 27.4. The van der Waals surface area contributed by atoms with Gasteiger partial charge in [0.2, 0.25) is 0 Å². The van der Waals surface area contributed by atoms with Crippen LogP contribution in [0.1, 0.15) is 19.0 Å². The number of nitrogens with zero attached hydrogens (tertiary/aromatic N) is 1. The van der Waals surface area contributed by atoms with E-state index < -0.39 is 5.69 Å². The molecule has 5 heteroatoms. The maximum atomic E-state index is 10.8. The first-order chi connectivity index (χ1) is 6.08. The van der Waals surface area contributed by atoms with Gasteiger partial charge in [-0.05, 0) is 19.4 Å². The fourth-order valence-electron chi connectivity index (χ4n) is 0.975. The molecule has 0 saturated carbocycles. The van der Waals surface area contributed by atoms with Crippen molar-refractivity contribution in [2.45, 2.75) is 19.8 Å². The van der Waals surface area contributed by atoms with E-state index in [1.807, 2.05) is 0 Å². The smallest absolute Gasteiger partial charge is 0.347 e. The van der Waals surface area contributed by atoms with Crippen LogP contribution in [0.3, 0.4) is 0 Å². The second-order valence-electron chi connectivity index (χ2n) is 2.84. The van der Waals surface area contributed by atoms with Gasteiger partial charge in [0.25, 0.3) is 0 Å². The molecule has 0 bridgehead atoms. The molecule has 13 heavy (non-hydrogen) atoms. The molecule has 3 N–H and O–H groups in total. The van der Waals surface area contributed by atoms with Crippen molar-refractivity contribution in [2.75, 3.05) is 5.73 Å². The van der Waals surface area contributed by atoms with E-state index in [9.17, 15) is 9.59 Å². The van der Waals surface area contributed by atoms with Crippen molar-refractivity contribution in [1.29, 1.82) is 0 Å². The lowest BCUT2D eigenvalue weighted by Gasteiger charge is -1.98. The molecule has 1 rings (SSSR count). The average molecular weight is 181 g/mol. The van der Waals surface area contributed by atoms with E-state index in [2.05, 4.69) is 9.97 Å². The molecule has 0 aliphatic rings. The number of aromatic nitrogens is 2. The molecule has 0 atom stereocenters. The first-order valence-electron chi connectivity index (χ1n) is 3.93. The lowest BCUT2D eigenvalue weighted by atomic mass is 10.2. The number of Topliss-reactive ketones (excluding diaryl/α,β-unsaturated/α-hetero) is 1. The molecule has 0 aliphatic carbocycles. The molecule has 0 amide bonds. The van der Waals surface area contributed by atoms with Gasteiger partial charge in [-0.25, -0.2) is 4.79 Å². The number of aromatic amines is 1. The van der Waals surface area contributed by atoms with Crippen LogP contribution >= 0.6 is 0 Å². The molecule has 1 aromatic heterocycles. The first-order valence-corrected chi connectivity index (χ1v) is 3.93. The van der Waals surface area contributed by atoms with Gasteiger partial charge in [-0.1, -0.05) is 0 Å². The zero-order valence-electron chi connectivity index (χ0n) is 7.33. The van der Waals surface area contributed by atoms with E-state index in [4.69, 9.17) is 5.73 Å². The van der Waals surface area contributed by atoms with E-state index in [1.165, 1.54) is 6.92 Å². The van der Waals surface area contributed by atoms with Gasteiger partial charge in [-0.2, -0.15) is 4.98 Å². The Kier molecular flexibility index (Phi) is 2.79. The highest BCUT2D eigenvalue weighted by Crippen LogP contribution is 2.00. The molecule has 0 unspecified atom stereocenters. The van der Waals surface area contributed by atoms with Crippen LogP contribution in [0.15, 0.2) is 10.9 Å². The van der Waals surface area contributed by atoms with Crippen molar-refractivity contribution in [2.24, 2.45) is 0 Å². The van der Waals surface area contributed by atoms with Crippen LogP contribution in [0.2, 0.25) is 0 Å². The zero-order valence-corrected chi connectivity index (χ0v) is 7.33. The van der Waals surface area contributed by atoms with Crippen molar-refractivity contribution in [1.82, 2.24) is 9.97 Å². The summed E-state index contributed by atoms with van der Waals surface area (Å²) in [7, 11) is 0. The van der Waals surface area contributed by atoms with E-state index in [0.717, 1.165) is 0 Å². The Labute approximate surface area is 75.0 Å². The predicted molar refractivity (Wildman–Crippen MR) is 48.3 cm³/mol. The first kappa shape index (κ1) is 9.44. The Morgan fingerprint density at radius 1 is 1.69 bits per heavy atom. The highest BCUT2D eigenvalue weighted by Gasteiger charge is 1.99. The Bertz CT molecular complexity index is 370. The highest BCUT2D eigenvalue weighted by molar-refractivity contribution is 5.75. The monoisotopic (exact) mass is 181 g/mol. The fourth-order valence-corrected chi connectivity index (χ4v) is 0.975. The van der Waals surface area contributed by atoms with Gasteiger partial charge in [-0.3, -0.25) is 0 Å². The normalized spacial score (nSPS) is 9.92. The number of aryl methyl sites for hydroxylation is 1. The summed E-state index contributed by atoms with van der Waals surface area (Å²) in [6, 6.07) is 1.56. The standard InChI is InChI=1S/C8H11N3O2/c1-5(12)2-3-6-4-7(9)11-8(13)10-6/h4H,2-3H2,1H3,(H3,9,10,11,13). The molecular formula is C8H11N3O2. The van der Waals surface area contributed by atoms with Crippen molar-refractivity contribution < 1.29 is 4.79 Å². The second-order valence-corrected chi connectivity index (χ2v) is 2.84. The fraction of sp³-hybridized carbons (Fsp3) is 0.375. The number of carbonyl (C=O) groups is 1. The van der Waals surface area contributed by atoms with Crippen LogP contribution < -0.4 is 11.4 Å². The summed E-state index contributed by atoms with van der Waals surface area (Å²) in [5.74, 6) is 0.263. The SMILES string of the molecule is CC(=O)CCc1cc(N)nc(=O)[nH]1. The van der Waals surface area contributed by atoms with Gasteiger partial charge in [0.15, 0.2) is 0 Å². The molecule has 0 radical (unpaired) electrons. The summed E-state index contributed by atoms with van der Waals surface area (Å²) in [6.45, 7) is 1.50. The largest absolute Gasteiger partial charge is 0.383 e. The van der Waals surface area contributed by atoms with E-state index in [-0.39, 0.29) is 11.6 Å². The molecule has 0 aliphatic heterocycles. The van der Waals surface area contributed by atoms with Gasteiger partial charge >= 0.3 is 5.69 Å². The van der Waals surface area contributed by atoms with Crippen molar-refractivity contribution >= 4 is 11.6 Å². The van der Waals surface area contributed by atoms with Crippen LogP contribution in [0.4, 0.5) is 5.82 Å². The minimum absolute atomic E-state index is 0.0798. The summed E-state index contributed by atoms with van der Waals surface area (Å²) in [6.07, 6.45) is 0.899. The molecule has 0 saturated heterocycles. The summed E-state index contributed by atoms with van der Waals surface area (Å²) >= 11 is 0. The number of H-pyrrole nitrogens is 1. The Hall–Kier alpha value is -1.65.